The molecule has 0 unspecified atom stereocenters. The zero-order valence-corrected chi connectivity index (χ0v) is 13.2. The molecule has 116 valence electrons. The fourth-order valence-corrected chi connectivity index (χ4v) is 3.21. The molecular weight excluding hydrogens is 296 g/mol. The van der Waals surface area contributed by atoms with Gasteiger partial charge in [0.05, 0.1) is 0 Å². The molecule has 1 amide bonds. The first-order valence-corrected chi connectivity index (χ1v) is 8.53. The molecule has 2 heterocycles. The van der Waals surface area contributed by atoms with Gasteiger partial charge in [-0.25, -0.2) is 0 Å². The molecule has 1 aliphatic heterocycles. The SMILES string of the molecule is O=C(CCC1CCNCC1)Nc1ccc(-c2csnn2)cc1. The van der Waals surface area contributed by atoms with E-state index in [-0.39, 0.29) is 5.91 Å². The fraction of sp³-hybridized carbons (Fsp3) is 0.438. The second-order valence-corrected chi connectivity index (χ2v) is 6.26. The van der Waals surface area contributed by atoms with Gasteiger partial charge in [-0.15, -0.1) is 5.10 Å². The quantitative estimate of drug-likeness (QED) is 0.890. The van der Waals surface area contributed by atoms with Gasteiger partial charge < -0.3 is 10.6 Å². The topological polar surface area (TPSA) is 66.9 Å². The van der Waals surface area contributed by atoms with Crippen molar-refractivity contribution in [3.05, 3.63) is 29.6 Å². The zero-order valence-electron chi connectivity index (χ0n) is 12.4. The third-order valence-electron chi connectivity index (χ3n) is 4.06. The number of hydrogen-bond acceptors (Lipinski definition) is 5. The second-order valence-electron chi connectivity index (χ2n) is 5.65. The van der Waals surface area contributed by atoms with Gasteiger partial charge in [0.15, 0.2) is 0 Å². The van der Waals surface area contributed by atoms with Crippen LogP contribution in [0, 0.1) is 5.92 Å². The maximum atomic E-state index is 12.0. The second kappa shape index (κ2) is 7.47. The highest BCUT2D eigenvalue weighted by Gasteiger charge is 2.14. The van der Waals surface area contributed by atoms with E-state index in [1.165, 1.54) is 24.4 Å². The number of carbonyl (C=O) groups is 1. The summed E-state index contributed by atoms with van der Waals surface area (Å²) in [6.45, 7) is 2.17. The Morgan fingerprint density at radius 2 is 2.05 bits per heavy atom. The molecule has 1 fully saturated rings. The van der Waals surface area contributed by atoms with E-state index in [2.05, 4.69) is 20.2 Å². The van der Waals surface area contributed by atoms with Crippen molar-refractivity contribution in [1.82, 2.24) is 14.9 Å². The van der Waals surface area contributed by atoms with Gasteiger partial charge in [0.25, 0.3) is 0 Å². The van der Waals surface area contributed by atoms with Gasteiger partial charge in [-0.1, -0.05) is 16.6 Å². The minimum Gasteiger partial charge on any atom is -0.326 e. The Bertz CT molecular complexity index is 591. The zero-order chi connectivity index (χ0) is 15.2. The number of amides is 1. The van der Waals surface area contributed by atoms with E-state index in [1.54, 1.807) is 0 Å². The van der Waals surface area contributed by atoms with Crippen LogP contribution in [0.4, 0.5) is 5.69 Å². The summed E-state index contributed by atoms with van der Waals surface area (Å²) in [5, 5.41) is 12.3. The molecule has 2 N–H and O–H groups in total. The van der Waals surface area contributed by atoms with E-state index in [9.17, 15) is 4.79 Å². The lowest BCUT2D eigenvalue weighted by Gasteiger charge is -2.22. The number of aromatic nitrogens is 2. The van der Waals surface area contributed by atoms with Crippen LogP contribution >= 0.6 is 11.5 Å². The molecule has 0 bridgehead atoms. The first-order valence-electron chi connectivity index (χ1n) is 7.69. The Balaban J connectivity index is 1.48. The van der Waals surface area contributed by atoms with Gasteiger partial charge in [0, 0.05) is 23.1 Å². The Kier molecular flexibility index (Phi) is 5.13. The maximum Gasteiger partial charge on any atom is 0.224 e. The van der Waals surface area contributed by atoms with Gasteiger partial charge in [-0.2, -0.15) is 0 Å². The molecule has 0 atom stereocenters. The summed E-state index contributed by atoms with van der Waals surface area (Å²) in [5.41, 5.74) is 2.72. The molecule has 6 heteroatoms. The molecular formula is C16H20N4OS. The van der Waals surface area contributed by atoms with Gasteiger partial charge in [-0.3, -0.25) is 4.79 Å². The van der Waals surface area contributed by atoms with Crippen LogP contribution in [0.5, 0.6) is 0 Å². The maximum absolute atomic E-state index is 12.0. The minimum absolute atomic E-state index is 0.0987. The van der Waals surface area contributed by atoms with Crippen molar-refractivity contribution in [1.29, 1.82) is 0 Å². The van der Waals surface area contributed by atoms with Crippen molar-refractivity contribution >= 4 is 23.1 Å². The molecule has 1 saturated heterocycles. The van der Waals surface area contributed by atoms with Crippen LogP contribution in [0.25, 0.3) is 11.3 Å². The van der Waals surface area contributed by atoms with Crippen LogP contribution in [-0.2, 0) is 4.79 Å². The lowest BCUT2D eigenvalue weighted by molar-refractivity contribution is -0.116. The highest BCUT2D eigenvalue weighted by atomic mass is 32.1. The number of nitrogens with zero attached hydrogens (tertiary/aromatic N) is 2. The lowest BCUT2D eigenvalue weighted by Crippen LogP contribution is -2.28. The van der Waals surface area contributed by atoms with E-state index in [0.29, 0.717) is 12.3 Å². The molecule has 1 aromatic heterocycles. The molecule has 3 rings (SSSR count). The van der Waals surface area contributed by atoms with Crippen LogP contribution in [0.15, 0.2) is 29.6 Å². The molecule has 1 aliphatic rings. The van der Waals surface area contributed by atoms with Crippen molar-refractivity contribution in [2.45, 2.75) is 25.7 Å². The highest BCUT2D eigenvalue weighted by molar-refractivity contribution is 7.03. The lowest BCUT2D eigenvalue weighted by atomic mass is 9.93. The Hall–Kier alpha value is -1.79. The van der Waals surface area contributed by atoms with E-state index in [4.69, 9.17) is 0 Å². The fourth-order valence-electron chi connectivity index (χ4n) is 2.74. The van der Waals surface area contributed by atoms with Gasteiger partial charge in [0.1, 0.15) is 5.69 Å². The van der Waals surface area contributed by atoms with Gasteiger partial charge in [-0.05, 0) is 61.9 Å². The van der Waals surface area contributed by atoms with Gasteiger partial charge in [0.2, 0.25) is 5.91 Å². The monoisotopic (exact) mass is 316 g/mol. The number of nitrogens with one attached hydrogen (secondary N) is 2. The summed E-state index contributed by atoms with van der Waals surface area (Å²) in [4.78, 5) is 12.0. The average Bonchev–Trinajstić information content (AvgIpc) is 3.09. The number of carbonyl (C=O) groups excluding carboxylic acids is 1. The van der Waals surface area contributed by atoms with Gasteiger partial charge >= 0.3 is 0 Å². The summed E-state index contributed by atoms with van der Waals surface area (Å²) in [7, 11) is 0. The van der Waals surface area contributed by atoms with E-state index < -0.39 is 0 Å². The first-order chi connectivity index (χ1) is 10.8. The van der Waals surface area contributed by atoms with Crippen LogP contribution in [0.2, 0.25) is 0 Å². The van der Waals surface area contributed by atoms with Crippen LogP contribution in [-0.4, -0.2) is 28.6 Å². The first kappa shape index (κ1) is 15.1. The standard InChI is InChI=1S/C16H20N4OS/c21-16(6-1-12-7-9-17-10-8-12)18-14-4-2-13(3-5-14)15-11-22-20-19-15/h2-5,11-12,17H,1,6-10H2,(H,18,21). The Labute approximate surface area is 134 Å². The van der Waals surface area contributed by atoms with Crippen molar-refractivity contribution < 1.29 is 4.79 Å². The third kappa shape index (κ3) is 4.11. The van der Waals surface area contributed by atoms with E-state index >= 15 is 0 Å². The number of hydrogen-bond donors (Lipinski definition) is 2. The molecule has 22 heavy (non-hydrogen) atoms. The van der Waals surface area contributed by atoms with Crippen molar-refractivity contribution in [3.8, 4) is 11.3 Å². The largest absolute Gasteiger partial charge is 0.326 e. The number of rotatable bonds is 5. The minimum atomic E-state index is 0.0987. The number of piperidine rings is 1. The van der Waals surface area contributed by atoms with Crippen molar-refractivity contribution in [2.75, 3.05) is 18.4 Å². The molecule has 0 aliphatic carbocycles. The van der Waals surface area contributed by atoms with Crippen LogP contribution in [0.3, 0.4) is 0 Å². The van der Waals surface area contributed by atoms with E-state index in [0.717, 1.165) is 36.5 Å². The summed E-state index contributed by atoms with van der Waals surface area (Å²) in [5.74, 6) is 0.785. The average molecular weight is 316 g/mol. The normalized spacial score (nSPS) is 15.6. The molecule has 2 aromatic rings. The van der Waals surface area contributed by atoms with Crippen LogP contribution in [0.1, 0.15) is 25.7 Å². The number of anilines is 1. The third-order valence-corrected chi connectivity index (χ3v) is 4.57. The molecule has 1 aromatic carbocycles. The molecule has 0 saturated carbocycles. The Morgan fingerprint density at radius 1 is 1.27 bits per heavy atom. The molecule has 0 radical (unpaired) electrons. The van der Waals surface area contributed by atoms with Crippen molar-refractivity contribution in [2.24, 2.45) is 5.92 Å². The Morgan fingerprint density at radius 3 is 2.73 bits per heavy atom. The molecule has 5 nitrogen and oxygen atoms in total. The molecule has 0 spiro atoms. The van der Waals surface area contributed by atoms with Crippen molar-refractivity contribution in [3.63, 3.8) is 0 Å². The van der Waals surface area contributed by atoms with Crippen LogP contribution < -0.4 is 10.6 Å². The highest BCUT2D eigenvalue weighted by Crippen LogP contribution is 2.21. The predicted octanol–water partition coefficient (Wildman–Crippen LogP) is 2.92. The number of benzene rings is 1. The summed E-state index contributed by atoms with van der Waals surface area (Å²) >= 11 is 1.33. The predicted molar refractivity (Wildman–Crippen MR) is 88.8 cm³/mol. The summed E-state index contributed by atoms with van der Waals surface area (Å²) < 4.78 is 3.86. The smallest absolute Gasteiger partial charge is 0.224 e. The summed E-state index contributed by atoms with van der Waals surface area (Å²) in [6.07, 6.45) is 3.95. The van der Waals surface area contributed by atoms with E-state index in [1.807, 2.05) is 29.6 Å². The summed E-state index contributed by atoms with van der Waals surface area (Å²) in [6, 6.07) is 7.74.